The average Bonchev–Trinajstić information content (AvgIpc) is 3.00. The summed E-state index contributed by atoms with van der Waals surface area (Å²) in [7, 11) is 4.73. The molecule has 1 aromatic heterocycles. The number of benzene rings is 2. The van der Waals surface area contributed by atoms with Gasteiger partial charge in [0.2, 0.25) is 0 Å². The van der Waals surface area contributed by atoms with Gasteiger partial charge in [-0.3, -0.25) is 9.48 Å². The number of para-hydroxylation sites is 1. The van der Waals surface area contributed by atoms with E-state index in [1.54, 1.807) is 35.5 Å². The SMILES string of the molecule is CCOC(=O)c1c(C=Nc2c(C)n(C)n(-c3ccccc3)c2=O)ccc(OC)c1OC. The van der Waals surface area contributed by atoms with Gasteiger partial charge in [0.05, 0.1) is 32.2 Å². The van der Waals surface area contributed by atoms with Gasteiger partial charge in [-0.05, 0) is 38.1 Å². The van der Waals surface area contributed by atoms with E-state index in [-0.39, 0.29) is 29.2 Å². The molecular formula is C23H25N3O5. The van der Waals surface area contributed by atoms with Crippen LogP contribution in [0.15, 0.2) is 52.3 Å². The van der Waals surface area contributed by atoms with E-state index in [4.69, 9.17) is 14.2 Å². The van der Waals surface area contributed by atoms with Crippen molar-refractivity contribution in [2.24, 2.45) is 12.0 Å². The summed E-state index contributed by atoms with van der Waals surface area (Å²) in [5.74, 6) is 0.0765. The Bertz CT molecular complexity index is 1180. The monoisotopic (exact) mass is 423 g/mol. The van der Waals surface area contributed by atoms with E-state index >= 15 is 0 Å². The normalized spacial score (nSPS) is 11.0. The van der Waals surface area contributed by atoms with E-state index in [9.17, 15) is 9.59 Å². The molecule has 3 rings (SSSR count). The lowest BCUT2D eigenvalue weighted by Crippen LogP contribution is -2.19. The molecule has 3 aromatic rings. The summed E-state index contributed by atoms with van der Waals surface area (Å²) in [6.45, 7) is 3.74. The van der Waals surface area contributed by atoms with Crippen LogP contribution in [-0.4, -0.2) is 42.4 Å². The van der Waals surface area contributed by atoms with Gasteiger partial charge in [0.25, 0.3) is 5.56 Å². The highest BCUT2D eigenvalue weighted by Gasteiger charge is 2.22. The molecule has 162 valence electrons. The van der Waals surface area contributed by atoms with E-state index in [1.165, 1.54) is 20.4 Å². The predicted octanol–water partition coefficient (Wildman–Crippen LogP) is 3.43. The maximum Gasteiger partial charge on any atom is 0.342 e. The summed E-state index contributed by atoms with van der Waals surface area (Å²) in [6, 6.07) is 12.7. The van der Waals surface area contributed by atoms with Crippen LogP contribution in [0.1, 0.15) is 28.5 Å². The fraction of sp³-hybridized carbons (Fsp3) is 0.261. The topological polar surface area (TPSA) is 84.1 Å². The third kappa shape index (κ3) is 4.09. The third-order valence-electron chi connectivity index (χ3n) is 4.91. The predicted molar refractivity (Wildman–Crippen MR) is 119 cm³/mol. The van der Waals surface area contributed by atoms with Crippen molar-refractivity contribution >= 4 is 17.9 Å². The summed E-state index contributed by atoms with van der Waals surface area (Å²) in [6.07, 6.45) is 1.47. The number of hydrogen-bond donors (Lipinski definition) is 0. The van der Waals surface area contributed by atoms with Crippen molar-refractivity contribution in [3.8, 4) is 17.2 Å². The fourth-order valence-corrected chi connectivity index (χ4v) is 3.30. The third-order valence-corrected chi connectivity index (χ3v) is 4.91. The van der Waals surface area contributed by atoms with Crippen LogP contribution in [0.5, 0.6) is 11.5 Å². The number of carbonyl (C=O) groups is 1. The second-order valence-electron chi connectivity index (χ2n) is 6.65. The molecule has 0 radical (unpaired) electrons. The molecule has 0 aliphatic carbocycles. The lowest BCUT2D eigenvalue weighted by atomic mass is 10.1. The number of aliphatic imine (C=N–C) groups is 1. The lowest BCUT2D eigenvalue weighted by molar-refractivity contribution is 0.0522. The van der Waals surface area contributed by atoms with Crippen LogP contribution < -0.4 is 15.0 Å². The Morgan fingerprint density at radius 2 is 1.81 bits per heavy atom. The zero-order valence-electron chi connectivity index (χ0n) is 18.2. The van der Waals surface area contributed by atoms with E-state index in [2.05, 4.69) is 4.99 Å². The Hall–Kier alpha value is -3.81. The summed E-state index contributed by atoms with van der Waals surface area (Å²) in [4.78, 5) is 30.1. The lowest BCUT2D eigenvalue weighted by Gasteiger charge is -2.14. The summed E-state index contributed by atoms with van der Waals surface area (Å²) < 4.78 is 19.2. The van der Waals surface area contributed by atoms with E-state index in [0.717, 1.165) is 5.69 Å². The van der Waals surface area contributed by atoms with Crippen molar-refractivity contribution in [2.75, 3.05) is 20.8 Å². The Morgan fingerprint density at radius 1 is 1.10 bits per heavy atom. The van der Waals surface area contributed by atoms with Crippen LogP contribution in [0, 0.1) is 6.92 Å². The highest BCUT2D eigenvalue weighted by atomic mass is 16.5. The summed E-state index contributed by atoms with van der Waals surface area (Å²) in [5, 5.41) is 0. The number of hydrogen-bond acceptors (Lipinski definition) is 6. The maximum absolute atomic E-state index is 13.1. The molecule has 0 fully saturated rings. The van der Waals surface area contributed by atoms with Gasteiger partial charge in [-0.2, -0.15) is 0 Å². The first-order chi connectivity index (χ1) is 14.9. The van der Waals surface area contributed by atoms with Crippen LogP contribution in [0.2, 0.25) is 0 Å². The van der Waals surface area contributed by atoms with Crippen molar-refractivity contribution < 1.29 is 19.0 Å². The van der Waals surface area contributed by atoms with Crippen LogP contribution in [0.4, 0.5) is 5.69 Å². The minimum atomic E-state index is -0.564. The largest absolute Gasteiger partial charge is 0.493 e. The zero-order chi connectivity index (χ0) is 22.5. The summed E-state index contributed by atoms with van der Waals surface area (Å²) >= 11 is 0. The number of rotatable bonds is 7. The Morgan fingerprint density at radius 3 is 2.42 bits per heavy atom. The van der Waals surface area contributed by atoms with Crippen molar-refractivity contribution in [2.45, 2.75) is 13.8 Å². The number of methoxy groups -OCH3 is 2. The molecule has 8 nitrogen and oxygen atoms in total. The van der Waals surface area contributed by atoms with Crippen LogP contribution in [0.3, 0.4) is 0 Å². The minimum Gasteiger partial charge on any atom is -0.493 e. The molecular weight excluding hydrogens is 398 g/mol. The standard InChI is InChI=1S/C23H25N3O5/c1-6-31-23(28)19-16(12-13-18(29-4)21(19)30-5)14-24-20-15(2)25(3)26(22(20)27)17-10-8-7-9-11-17/h7-14H,6H2,1-5H3. The first-order valence-corrected chi connectivity index (χ1v) is 9.74. The van der Waals surface area contributed by atoms with E-state index in [1.807, 2.05) is 37.3 Å². The molecule has 0 spiro atoms. The summed E-state index contributed by atoms with van der Waals surface area (Å²) in [5.41, 5.74) is 2.06. The molecule has 0 N–H and O–H groups in total. The van der Waals surface area contributed by atoms with Gasteiger partial charge in [0.15, 0.2) is 17.2 Å². The van der Waals surface area contributed by atoms with E-state index < -0.39 is 5.97 Å². The van der Waals surface area contributed by atoms with Gasteiger partial charge in [0.1, 0.15) is 5.56 Å². The molecule has 0 amide bonds. The number of ether oxygens (including phenoxy) is 3. The van der Waals surface area contributed by atoms with Crippen molar-refractivity contribution in [3.05, 3.63) is 69.6 Å². The number of nitrogens with zero attached hydrogens (tertiary/aromatic N) is 3. The van der Waals surface area contributed by atoms with Crippen LogP contribution in [0.25, 0.3) is 5.69 Å². The maximum atomic E-state index is 13.1. The molecule has 8 heteroatoms. The molecule has 0 saturated heterocycles. The molecule has 0 aliphatic rings. The van der Waals surface area contributed by atoms with Gasteiger partial charge < -0.3 is 14.2 Å². The van der Waals surface area contributed by atoms with Gasteiger partial charge in [-0.15, -0.1) is 0 Å². The number of carbonyl (C=O) groups excluding carboxylic acids is 1. The van der Waals surface area contributed by atoms with Gasteiger partial charge in [0, 0.05) is 18.8 Å². The molecule has 0 aliphatic heterocycles. The van der Waals surface area contributed by atoms with E-state index in [0.29, 0.717) is 17.0 Å². The fourth-order valence-electron chi connectivity index (χ4n) is 3.30. The molecule has 31 heavy (non-hydrogen) atoms. The Balaban J connectivity index is 2.13. The quantitative estimate of drug-likeness (QED) is 0.429. The Kier molecular flexibility index (Phi) is 6.59. The second kappa shape index (κ2) is 9.34. The smallest absolute Gasteiger partial charge is 0.342 e. The highest BCUT2D eigenvalue weighted by Crippen LogP contribution is 2.33. The van der Waals surface area contributed by atoms with Gasteiger partial charge >= 0.3 is 5.97 Å². The minimum absolute atomic E-state index is 0.185. The molecule has 2 aromatic carbocycles. The zero-order valence-corrected chi connectivity index (χ0v) is 18.2. The highest BCUT2D eigenvalue weighted by molar-refractivity contribution is 6.03. The van der Waals surface area contributed by atoms with Crippen molar-refractivity contribution in [3.63, 3.8) is 0 Å². The van der Waals surface area contributed by atoms with Crippen molar-refractivity contribution in [1.29, 1.82) is 0 Å². The first-order valence-electron chi connectivity index (χ1n) is 9.74. The number of aromatic nitrogens is 2. The first kappa shape index (κ1) is 21.9. The second-order valence-corrected chi connectivity index (χ2v) is 6.65. The van der Waals surface area contributed by atoms with Gasteiger partial charge in [-0.25, -0.2) is 14.5 Å². The molecule has 0 atom stereocenters. The molecule has 1 heterocycles. The van der Waals surface area contributed by atoms with Crippen molar-refractivity contribution in [1.82, 2.24) is 9.36 Å². The molecule has 0 bridgehead atoms. The molecule has 0 saturated carbocycles. The van der Waals surface area contributed by atoms with Crippen LogP contribution in [-0.2, 0) is 11.8 Å². The van der Waals surface area contributed by atoms with Gasteiger partial charge in [-0.1, -0.05) is 18.2 Å². The van der Waals surface area contributed by atoms with Crippen LogP contribution >= 0.6 is 0 Å². The average molecular weight is 423 g/mol. The Labute approximate surface area is 180 Å². The molecule has 0 unspecified atom stereocenters. The number of esters is 1.